The first kappa shape index (κ1) is 21.0. The van der Waals surface area contributed by atoms with Gasteiger partial charge in [0.1, 0.15) is 0 Å². The Morgan fingerprint density at radius 3 is 2.45 bits per heavy atom. The summed E-state index contributed by atoms with van der Waals surface area (Å²) in [6.07, 6.45) is 0. The number of aromatic nitrogens is 1. The van der Waals surface area contributed by atoms with Gasteiger partial charge in [-0.3, -0.25) is 4.79 Å². The van der Waals surface area contributed by atoms with E-state index in [1.807, 2.05) is 11.5 Å². The van der Waals surface area contributed by atoms with Crippen molar-refractivity contribution >= 4 is 33.4 Å². The van der Waals surface area contributed by atoms with Gasteiger partial charge in [0.2, 0.25) is 0 Å². The van der Waals surface area contributed by atoms with Gasteiger partial charge in [-0.25, -0.2) is 4.79 Å². The van der Waals surface area contributed by atoms with E-state index in [9.17, 15) is 9.59 Å². The molecule has 6 nitrogen and oxygen atoms in total. The summed E-state index contributed by atoms with van der Waals surface area (Å²) < 4.78 is 13.4. The van der Waals surface area contributed by atoms with E-state index in [1.54, 1.807) is 24.3 Å². The molecule has 0 aliphatic carbocycles. The second-order valence-corrected chi connectivity index (χ2v) is 7.63. The number of hydrogen-bond donors (Lipinski definition) is 0. The summed E-state index contributed by atoms with van der Waals surface area (Å²) >= 11 is 1.50. The smallest absolute Gasteiger partial charge is 0.337 e. The maximum absolute atomic E-state index is 12.8. The lowest BCUT2D eigenvalue weighted by Gasteiger charge is -2.07. The van der Waals surface area contributed by atoms with Crippen LogP contribution in [0.4, 0.5) is 0 Å². The minimum Gasteiger partial charge on any atom is -0.465 e. The van der Waals surface area contributed by atoms with Crippen LogP contribution in [0.2, 0.25) is 0 Å². The van der Waals surface area contributed by atoms with Gasteiger partial charge in [0.25, 0.3) is 5.91 Å². The molecule has 152 valence electrons. The largest absolute Gasteiger partial charge is 0.465 e. The molecule has 0 aliphatic heterocycles. The molecule has 3 aromatic rings. The average molecular weight is 413 g/mol. The molecule has 0 saturated carbocycles. The van der Waals surface area contributed by atoms with Crippen LogP contribution in [0.25, 0.3) is 10.2 Å². The number of hydrogen-bond acceptors (Lipinski definition) is 5. The van der Waals surface area contributed by atoms with Crippen molar-refractivity contribution in [2.24, 2.45) is 4.99 Å². The van der Waals surface area contributed by atoms with Gasteiger partial charge >= 0.3 is 5.97 Å². The van der Waals surface area contributed by atoms with E-state index in [-0.39, 0.29) is 5.91 Å². The maximum Gasteiger partial charge on any atom is 0.337 e. The molecule has 0 atom stereocenters. The van der Waals surface area contributed by atoms with Crippen LogP contribution in [0.15, 0.2) is 41.4 Å². The zero-order chi connectivity index (χ0) is 21.0. The van der Waals surface area contributed by atoms with Gasteiger partial charge in [-0.15, -0.1) is 0 Å². The monoisotopic (exact) mass is 412 g/mol. The van der Waals surface area contributed by atoms with Crippen molar-refractivity contribution in [3.63, 3.8) is 0 Å². The number of rotatable bonds is 6. The highest BCUT2D eigenvalue weighted by Crippen LogP contribution is 2.23. The van der Waals surface area contributed by atoms with E-state index in [2.05, 4.69) is 35.7 Å². The number of ether oxygens (including phenoxy) is 2. The van der Waals surface area contributed by atoms with Gasteiger partial charge in [-0.05, 0) is 62.2 Å². The highest BCUT2D eigenvalue weighted by atomic mass is 32.1. The number of thiazole rings is 1. The van der Waals surface area contributed by atoms with Crippen LogP contribution >= 0.6 is 11.3 Å². The van der Waals surface area contributed by atoms with Crippen molar-refractivity contribution in [3.8, 4) is 0 Å². The van der Waals surface area contributed by atoms with Crippen molar-refractivity contribution in [2.45, 2.75) is 27.3 Å². The van der Waals surface area contributed by atoms with E-state index in [4.69, 9.17) is 4.74 Å². The van der Waals surface area contributed by atoms with Gasteiger partial charge in [0.05, 0.1) is 29.5 Å². The second-order valence-electron chi connectivity index (χ2n) is 6.65. The number of carbonyl (C=O) groups is 2. The molecule has 2 aromatic carbocycles. The Labute approximate surface area is 173 Å². The Morgan fingerprint density at radius 1 is 1.10 bits per heavy atom. The van der Waals surface area contributed by atoms with Gasteiger partial charge in [0, 0.05) is 18.7 Å². The Morgan fingerprint density at radius 2 is 1.79 bits per heavy atom. The zero-order valence-corrected chi connectivity index (χ0v) is 17.8. The number of benzene rings is 2. The number of amides is 1. The van der Waals surface area contributed by atoms with E-state index in [0.29, 0.717) is 35.7 Å². The molecule has 3 rings (SSSR count). The molecule has 7 heteroatoms. The first-order valence-corrected chi connectivity index (χ1v) is 10.2. The number of fused-ring (bicyclic) bond motifs is 1. The van der Waals surface area contributed by atoms with Crippen LogP contribution in [-0.4, -0.2) is 36.8 Å². The number of methoxy groups -OCH3 is 1. The summed E-state index contributed by atoms with van der Waals surface area (Å²) in [5.41, 5.74) is 4.18. The molecule has 1 heterocycles. The lowest BCUT2D eigenvalue weighted by atomic mass is 10.1. The Balaban J connectivity index is 2.03. The fourth-order valence-electron chi connectivity index (χ4n) is 3.13. The lowest BCUT2D eigenvalue weighted by Crippen LogP contribution is -2.19. The third-order valence-corrected chi connectivity index (χ3v) is 5.76. The number of aryl methyl sites for hydroxylation is 2. The van der Waals surface area contributed by atoms with Crippen LogP contribution in [0, 0.1) is 13.8 Å². The van der Waals surface area contributed by atoms with Crippen molar-refractivity contribution in [3.05, 3.63) is 63.5 Å². The molecule has 0 radical (unpaired) electrons. The van der Waals surface area contributed by atoms with Crippen molar-refractivity contribution in [1.82, 2.24) is 4.57 Å². The van der Waals surface area contributed by atoms with Gasteiger partial charge < -0.3 is 14.0 Å². The molecule has 0 saturated heterocycles. The molecular weight excluding hydrogens is 388 g/mol. The molecule has 0 bridgehead atoms. The number of esters is 1. The highest BCUT2D eigenvalue weighted by Gasteiger charge is 2.12. The predicted molar refractivity (Wildman–Crippen MR) is 113 cm³/mol. The first-order chi connectivity index (χ1) is 13.9. The fraction of sp³-hybridized carbons (Fsp3) is 0.318. The van der Waals surface area contributed by atoms with E-state index < -0.39 is 5.97 Å². The molecular formula is C22H24N2O4S. The quantitative estimate of drug-likeness (QED) is 0.455. The van der Waals surface area contributed by atoms with E-state index in [1.165, 1.54) is 18.4 Å². The van der Waals surface area contributed by atoms with Crippen LogP contribution < -0.4 is 4.80 Å². The van der Waals surface area contributed by atoms with Gasteiger partial charge in [0.15, 0.2) is 4.80 Å². The summed E-state index contributed by atoms with van der Waals surface area (Å²) in [5, 5.41) is 0. The third kappa shape index (κ3) is 4.63. The van der Waals surface area contributed by atoms with Crippen molar-refractivity contribution < 1.29 is 19.1 Å². The van der Waals surface area contributed by atoms with Crippen molar-refractivity contribution in [1.29, 1.82) is 0 Å². The van der Waals surface area contributed by atoms with Crippen LogP contribution in [0.5, 0.6) is 0 Å². The Hall–Kier alpha value is -2.77. The highest BCUT2D eigenvalue weighted by molar-refractivity contribution is 7.16. The molecule has 1 amide bonds. The first-order valence-electron chi connectivity index (χ1n) is 9.40. The van der Waals surface area contributed by atoms with Gasteiger partial charge in [-0.1, -0.05) is 17.4 Å². The lowest BCUT2D eigenvalue weighted by molar-refractivity contribution is 0.0600. The maximum atomic E-state index is 12.8. The minimum absolute atomic E-state index is 0.354. The molecule has 0 aliphatic rings. The predicted octanol–water partition coefficient (Wildman–Crippen LogP) is 3.88. The fourth-order valence-corrected chi connectivity index (χ4v) is 4.24. The standard InChI is InChI=1S/C22H24N2O4S/c1-5-28-11-10-24-18-13-14(2)12-15(3)19(18)29-22(24)23-20(25)16-6-8-17(9-7-16)21(26)27-4/h6-9,12-13H,5,10-11H2,1-4H3. The van der Waals surface area contributed by atoms with Gasteiger partial charge in [-0.2, -0.15) is 4.99 Å². The minimum atomic E-state index is -0.440. The topological polar surface area (TPSA) is 69.9 Å². The Kier molecular flexibility index (Phi) is 6.61. The number of nitrogens with zero attached hydrogens (tertiary/aromatic N) is 2. The summed E-state index contributed by atoms with van der Waals surface area (Å²) in [4.78, 5) is 29.3. The summed E-state index contributed by atoms with van der Waals surface area (Å²) in [5.74, 6) is -0.794. The molecule has 0 fully saturated rings. The third-order valence-electron chi connectivity index (χ3n) is 4.53. The summed E-state index contributed by atoms with van der Waals surface area (Å²) in [6.45, 7) is 7.88. The molecule has 29 heavy (non-hydrogen) atoms. The number of carbonyl (C=O) groups excluding carboxylic acids is 2. The normalized spacial score (nSPS) is 11.8. The van der Waals surface area contributed by atoms with E-state index in [0.717, 1.165) is 21.3 Å². The summed E-state index contributed by atoms with van der Waals surface area (Å²) in [6, 6.07) is 10.5. The SMILES string of the molecule is CCOCCn1c(=NC(=O)c2ccc(C(=O)OC)cc2)sc2c(C)cc(C)cc21. The zero-order valence-electron chi connectivity index (χ0n) is 17.0. The molecule has 0 unspecified atom stereocenters. The molecule has 0 N–H and O–H groups in total. The van der Waals surface area contributed by atoms with Crippen LogP contribution in [0.1, 0.15) is 38.8 Å². The summed E-state index contributed by atoms with van der Waals surface area (Å²) in [7, 11) is 1.32. The molecule has 1 aromatic heterocycles. The Bertz CT molecular complexity index is 1110. The molecule has 0 spiro atoms. The van der Waals surface area contributed by atoms with Crippen LogP contribution in [-0.2, 0) is 16.0 Å². The second kappa shape index (κ2) is 9.15. The van der Waals surface area contributed by atoms with Crippen LogP contribution in [0.3, 0.4) is 0 Å². The van der Waals surface area contributed by atoms with E-state index >= 15 is 0 Å². The average Bonchev–Trinajstić information content (AvgIpc) is 3.05. The van der Waals surface area contributed by atoms with Crippen molar-refractivity contribution in [2.75, 3.05) is 20.3 Å².